The Kier molecular flexibility index (Phi) is 12.8. The van der Waals surface area contributed by atoms with Crippen LogP contribution in [0.25, 0.3) is 0 Å². The van der Waals surface area contributed by atoms with E-state index in [-0.39, 0.29) is 5.97 Å². The minimum atomic E-state index is -2.74. The molecule has 1 aliphatic rings. The van der Waals surface area contributed by atoms with Crippen molar-refractivity contribution in [2.24, 2.45) is 0 Å². The van der Waals surface area contributed by atoms with Crippen molar-refractivity contribution < 1.29 is 44.3 Å². The number of ether oxygens (including phenoxy) is 1. The Morgan fingerprint density at radius 2 is 1.26 bits per heavy atom. The van der Waals surface area contributed by atoms with E-state index < -0.39 is 47.2 Å². The number of likely N-dealkylation sites (tertiary alicyclic amines) is 1. The second-order valence-corrected chi connectivity index (χ2v) is 11.5. The fourth-order valence-corrected chi connectivity index (χ4v) is 5.92. The normalized spacial score (nSPS) is 14.5. The van der Waals surface area contributed by atoms with Crippen molar-refractivity contribution in [3.05, 3.63) is 108 Å². The first-order valence-corrected chi connectivity index (χ1v) is 15.3. The maximum atomic E-state index is 13.1. The molecule has 11 heteroatoms. The number of carboxylic acids is 3. The second kappa shape index (κ2) is 16.5. The Hall–Kier alpha value is -5.05. The zero-order chi connectivity index (χ0) is 34.5. The standard InChI is InChI=1S/C30H32N2O2.C6H8O7/c1-2-34-28(33)29(25-12-6-3-7-13-25)18-21-32(22-19-29)23-20-30(24-31,26-14-8-4-9-15-26)27-16-10-5-11-17-27;7-3(8)1-6(13,5(11)12)2-4(9)10/h3-17H,2,18-23H2,1H3;13H,1-2H2,(H,7,8)(H,9,10)(H,11,12). The molecule has 0 radical (unpaired) electrons. The SMILES string of the molecule is CCOC(=O)C1(c2ccccc2)CCN(CCC(C#N)(c2ccccc2)c2ccccc2)CC1.O=C(O)CC(O)(CC(=O)O)C(=O)O. The molecule has 11 nitrogen and oxygen atoms in total. The minimum Gasteiger partial charge on any atom is -0.481 e. The van der Waals surface area contributed by atoms with E-state index >= 15 is 0 Å². The van der Waals surface area contributed by atoms with Gasteiger partial charge in [0.25, 0.3) is 0 Å². The van der Waals surface area contributed by atoms with Gasteiger partial charge in [-0.1, -0.05) is 91.0 Å². The van der Waals surface area contributed by atoms with Gasteiger partial charge in [0.05, 0.1) is 30.9 Å². The average Bonchev–Trinajstić information content (AvgIpc) is 3.06. The molecule has 0 unspecified atom stereocenters. The van der Waals surface area contributed by atoms with Crippen molar-refractivity contribution in [3.63, 3.8) is 0 Å². The molecule has 248 valence electrons. The van der Waals surface area contributed by atoms with E-state index in [1.165, 1.54) is 0 Å². The summed E-state index contributed by atoms with van der Waals surface area (Å²) in [6.45, 7) is 4.61. The number of rotatable bonds is 13. The van der Waals surface area contributed by atoms with Gasteiger partial charge in [-0.25, -0.2) is 4.79 Å². The highest BCUT2D eigenvalue weighted by Gasteiger charge is 2.45. The fraction of sp³-hybridized carbons (Fsp3) is 0.361. The summed E-state index contributed by atoms with van der Waals surface area (Å²) in [7, 11) is 0. The van der Waals surface area contributed by atoms with E-state index in [4.69, 9.17) is 25.2 Å². The van der Waals surface area contributed by atoms with Crippen molar-refractivity contribution in [2.45, 2.75) is 55.5 Å². The third-order valence-corrected chi connectivity index (χ3v) is 8.51. The van der Waals surface area contributed by atoms with Gasteiger partial charge in [-0.15, -0.1) is 0 Å². The molecule has 4 N–H and O–H groups in total. The van der Waals surface area contributed by atoms with Crippen LogP contribution < -0.4 is 0 Å². The molecule has 0 saturated carbocycles. The van der Waals surface area contributed by atoms with Crippen molar-refractivity contribution in [2.75, 3.05) is 26.2 Å². The summed E-state index contributed by atoms with van der Waals surface area (Å²) in [5, 5.41) is 44.3. The average molecular weight is 645 g/mol. The van der Waals surface area contributed by atoms with Crippen LogP contribution in [0.3, 0.4) is 0 Å². The first-order valence-electron chi connectivity index (χ1n) is 15.3. The van der Waals surface area contributed by atoms with Crippen LogP contribution in [0, 0.1) is 11.3 Å². The molecule has 3 aromatic rings. The van der Waals surface area contributed by atoms with Crippen LogP contribution in [0.5, 0.6) is 0 Å². The Balaban J connectivity index is 0.000000392. The summed E-state index contributed by atoms with van der Waals surface area (Å²) < 4.78 is 5.52. The molecule has 4 rings (SSSR count). The highest BCUT2D eigenvalue weighted by molar-refractivity contribution is 5.88. The van der Waals surface area contributed by atoms with Crippen LogP contribution >= 0.6 is 0 Å². The van der Waals surface area contributed by atoms with E-state index in [0.29, 0.717) is 25.9 Å². The zero-order valence-electron chi connectivity index (χ0n) is 26.2. The first kappa shape index (κ1) is 36.4. The van der Waals surface area contributed by atoms with E-state index in [0.717, 1.165) is 36.3 Å². The van der Waals surface area contributed by atoms with Crippen LogP contribution in [0.2, 0.25) is 0 Å². The van der Waals surface area contributed by atoms with Gasteiger partial charge >= 0.3 is 23.9 Å². The summed E-state index contributed by atoms with van der Waals surface area (Å²) in [6.07, 6.45) is -0.170. The number of benzene rings is 3. The van der Waals surface area contributed by atoms with Gasteiger partial charge < -0.3 is 30.1 Å². The van der Waals surface area contributed by atoms with E-state index in [9.17, 15) is 24.4 Å². The lowest BCUT2D eigenvalue weighted by atomic mass is 9.71. The second-order valence-electron chi connectivity index (χ2n) is 11.5. The summed E-state index contributed by atoms with van der Waals surface area (Å²) in [6, 6.07) is 32.9. The number of piperidine rings is 1. The van der Waals surface area contributed by atoms with Crippen LogP contribution in [0.1, 0.15) is 55.7 Å². The Morgan fingerprint density at radius 1 is 0.809 bits per heavy atom. The quantitative estimate of drug-likeness (QED) is 0.195. The fourth-order valence-electron chi connectivity index (χ4n) is 5.92. The predicted octanol–water partition coefficient (Wildman–Crippen LogP) is 4.23. The molecule has 0 bridgehead atoms. The van der Waals surface area contributed by atoms with Crippen LogP contribution in [-0.2, 0) is 34.7 Å². The van der Waals surface area contributed by atoms with E-state index in [1.54, 1.807) is 0 Å². The molecular weight excluding hydrogens is 604 g/mol. The van der Waals surface area contributed by atoms with Crippen LogP contribution in [-0.4, -0.2) is 81.0 Å². The van der Waals surface area contributed by atoms with Crippen LogP contribution in [0.15, 0.2) is 91.0 Å². The summed E-state index contributed by atoms with van der Waals surface area (Å²) in [5.41, 5.74) is -0.974. The monoisotopic (exact) mass is 644 g/mol. The highest BCUT2D eigenvalue weighted by atomic mass is 16.5. The Bertz CT molecular complexity index is 1480. The number of carbonyl (C=O) groups excluding carboxylic acids is 1. The van der Waals surface area contributed by atoms with Crippen molar-refractivity contribution in [1.82, 2.24) is 4.90 Å². The molecule has 1 heterocycles. The number of nitrogens with zero attached hydrogens (tertiary/aromatic N) is 2. The van der Waals surface area contributed by atoms with Gasteiger partial charge in [-0.05, 0) is 56.0 Å². The molecule has 1 saturated heterocycles. The number of aliphatic hydroxyl groups is 1. The van der Waals surface area contributed by atoms with Gasteiger partial charge in [0, 0.05) is 6.54 Å². The first-order chi connectivity index (χ1) is 22.4. The van der Waals surface area contributed by atoms with E-state index in [2.05, 4.69) is 11.0 Å². The zero-order valence-corrected chi connectivity index (χ0v) is 26.2. The minimum absolute atomic E-state index is 0.124. The van der Waals surface area contributed by atoms with Gasteiger partial charge in [0.2, 0.25) is 0 Å². The molecule has 0 spiro atoms. The maximum absolute atomic E-state index is 13.1. The van der Waals surface area contributed by atoms with Gasteiger partial charge in [-0.3, -0.25) is 14.4 Å². The smallest absolute Gasteiger partial charge is 0.336 e. The summed E-state index contributed by atoms with van der Waals surface area (Å²) >= 11 is 0. The number of aliphatic carboxylic acids is 3. The molecule has 0 aliphatic carbocycles. The molecule has 47 heavy (non-hydrogen) atoms. The summed E-state index contributed by atoms with van der Waals surface area (Å²) in [4.78, 5) is 45.9. The number of hydrogen-bond donors (Lipinski definition) is 4. The number of nitriles is 1. The molecule has 0 atom stereocenters. The van der Waals surface area contributed by atoms with Crippen LogP contribution in [0.4, 0.5) is 0 Å². The Labute approximate surface area is 273 Å². The predicted molar refractivity (Wildman–Crippen MR) is 171 cm³/mol. The van der Waals surface area contributed by atoms with Crippen molar-refractivity contribution in [1.29, 1.82) is 5.26 Å². The Morgan fingerprint density at radius 3 is 1.64 bits per heavy atom. The largest absolute Gasteiger partial charge is 0.481 e. The highest BCUT2D eigenvalue weighted by Crippen LogP contribution is 2.39. The molecule has 0 amide bonds. The molecule has 1 aliphatic heterocycles. The lowest BCUT2D eigenvalue weighted by molar-refractivity contribution is -0.170. The van der Waals surface area contributed by atoms with Gasteiger partial charge in [0.1, 0.15) is 5.41 Å². The molecule has 0 aromatic heterocycles. The van der Waals surface area contributed by atoms with Crippen molar-refractivity contribution in [3.8, 4) is 6.07 Å². The van der Waals surface area contributed by atoms with Crippen molar-refractivity contribution >= 4 is 23.9 Å². The number of hydrogen-bond acceptors (Lipinski definition) is 8. The number of esters is 1. The maximum Gasteiger partial charge on any atom is 0.336 e. The lowest BCUT2D eigenvalue weighted by Gasteiger charge is -2.41. The van der Waals surface area contributed by atoms with Gasteiger partial charge in [-0.2, -0.15) is 5.26 Å². The number of carboxylic acid groups (broad SMARTS) is 3. The lowest BCUT2D eigenvalue weighted by Crippen LogP contribution is -2.49. The molecule has 3 aromatic carbocycles. The summed E-state index contributed by atoms with van der Waals surface area (Å²) in [5.74, 6) is -5.14. The third kappa shape index (κ3) is 9.03. The number of carbonyl (C=O) groups is 4. The van der Waals surface area contributed by atoms with E-state index in [1.807, 2.05) is 97.9 Å². The molecular formula is C36H40N2O9. The topological polar surface area (TPSA) is 185 Å². The third-order valence-electron chi connectivity index (χ3n) is 8.51. The molecule has 1 fully saturated rings. The van der Waals surface area contributed by atoms with Gasteiger partial charge in [0.15, 0.2) is 5.60 Å².